The average Bonchev–Trinajstić information content (AvgIpc) is 2.38. The lowest BCUT2D eigenvalue weighted by Crippen LogP contribution is -2.45. The van der Waals surface area contributed by atoms with Crippen molar-refractivity contribution in [3.63, 3.8) is 0 Å². The minimum atomic E-state index is -0.315. The lowest BCUT2D eigenvalue weighted by atomic mass is 10.0. The summed E-state index contributed by atoms with van der Waals surface area (Å²) >= 11 is 0. The summed E-state index contributed by atoms with van der Waals surface area (Å²) in [5.41, 5.74) is 0. The fraction of sp³-hybridized carbons (Fsp3) is 0.786. The lowest BCUT2D eigenvalue weighted by molar-refractivity contribution is -0.144. The van der Waals surface area contributed by atoms with Gasteiger partial charge in [-0.05, 0) is 19.8 Å². The molecule has 0 atom stereocenters. The number of amides is 1. The maximum atomic E-state index is 11.8. The van der Waals surface area contributed by atoms with Crippen molar-refractivity contribution >= 4 is 17.7 Å². The molecule has 1 saturated heterocycles. The Balaban J connectivity index is 2.18. The fourth-order valence-corrected chi connectivity index (χ4v) is 2.33. The van der Waals surface area contributed by atoms with E-state index in [9.17, 15) is 14.4 Å². The standard InChI is InChI=1S/C14H24N2O4/c1-3-20-14(19)5-4-13(18)10-16-8-6-12(7-9-16)15-11(2)17/h12H,3-10H2,1-2H3,(H,15,17). The van der Waals surface area contributed by atoms with Crippen molar-refractivity contribution in [1.82, 2.24) is 10.2 Å². The van der Waals surface area contributed by atoms with Gasteiger partial charge < -0.3 is 10.1 Å². The van der Waals surface area contributed by atoms with Crippen LogP contribution < -0.4 is 5.32 Å². The van der Waals surface area contributed by atoms with Crippen LogP contribution in [0.25, 0.3) is 0 Å². The van der Waals surface area contributed by atoms with Gasteiger partial charge in [0.1, 0.15) is 5.78 Å². The van der Waals surface area contributed by atoms with Gasteiger partial charge in [0.2, 0.25) is 5.91 Å². The van der Waals surface area contributed by atoms with Gasteiger partial charge in [-0.15, -0.1) is 0 Å². The molecular formula is C14H24N2O4. The molecular weight excluding hydrogens is 260 g/mol. The average molecular weight is 284 g/mol. The van der Waals surface area contributed by atoms with Gasteiger partial charge in [0.05, 0.1) is 19.6 Å². The van der Waals surface area contributed by atoms with E-state index in [-0.39, 0.29) is 36.5 Å². The number of nitrogens with one attached hydrogen (secondary N) is 1. The van der Waals surface area contributed by atoms with Crippen LogP contribution in [0.1, 0.15) is 39.5 Å². The van der Waals surface area contributed by atoms with Gasteiger partial charge in [0, 0.05) is 32.5 Å². The number of carbonyl (C=O) groups excluding carboxylic acids is 3. The molecule has 1 aliphatic heterocycles. The number of ether oxygens (including phenoxy) is 1. The number of likely N-dealkylation sites (tertiary alicyclic amines) is 1. The first-order chi connectivity index (χ1) is 9.51. The molecule has 6 heteroatoms. The molecule has 20 heavy (non-hydrogen) atoms. The largest absolute Gasteiger partial charge is 0.466 e. The summed E-state index contributed by atoms with van der Waals surface area (Å²) in [5, 5.41) is 2.90. The van der Waals surface area contributed by atoms with E-state index in [2.05, 4.69) is 10.2 Å². The smallest absolute Gasteiger partial charge is 0.306 e. The van der Waals surface area contributed by atoms with Crippen LogP contribution in [-0.2, 0) is 19.1 Å². The van der Waals surface area contributed by atoms with Gasteiger partial charge in [-0.25, -0.2) is 0 Å². The van der Waals surface area contributed by atoms with Crippen molar-refractivity contribution in [2.75, 3.05) is 26.2 Å². The Morgan fingerprint density at radius 1 is 1.20 bits per heavy atom. The molecule has 1 N–H and O–H groups in total. The molecule has 0 bridgehead atoms. The molecule has 1 fully saturated rings. The van der Waals surface area contributed by atoms with Crippen molar-refractivity contribution in [1.29, 1.82) is 0 Å². The highest BCUT2D eigenvalue weighted by molar-refractivity contribution is 5.84. The van der Waals surface area contributed by atoms with Gasteiger partial charge >= 0.3 is 5.97 Å². The molecule has 1 aliphatic rings. The van der Waals surface area contributed by atoms with Crippen molar-refractivity contribution in [3.8, 4) is 0 Å². The van der Waals surface area contributed by atoms with E-state index < -0.39 is 0 Å². The maximum Gasteiger partial charge on any atom is 0.306 e. The summed E-state index contributed by atoms with van der Waals surface area (Å²) in [7, 11) is 0. The van der Waals surface area contributed by atoms with Gasteiger partial charge in [0.25, 0.3) is 0 Å². The van der Waals surface area contributed by atoms with Crippen LogP contribution in [0.4, 0.5) is 0 Å². The molecule has 0 aromatic carbocycles. The van der Waals surface area contributed by atoms with Gasteiger partial charge in [-0.2, -0.15) is 0 Å². The van der Waals surface area contributed by atoms with Crippen molar-refractivity contribution in [2.45, 2.75) is 45.6 Å². The molecule has 1 heterocycles. The van der Waals surface area contributed by atoms with Crippen molar-refractivity contribution in [3.05, 3.63) is 0 Å². The number of ketones is 1. The van der Waals surface area contributed by atoms with E-state index in [0.717, 1.165) is 25.9 Å². The molecule has 6 nitrogen and oxygen atoms in total. The second-order valence-electron chi connectivity index (χ2n) is 5.09. The number of hydrogen-bond acceptors (Lipinski definition) is 5. The minimum absolute atomic E-state index is 0.00559. The van der Waals surface area contributed by atoms with Crippen LogP contribution >= 0.6 is 0 Å². The number of hydrogen-bond donors (Lipinski definition) is 1. The summed E-state index contributed by atoms with van der Waals surface area (Å²) in [6.07, 6.45) is 2.13. The first-order valence-corrected chi connectivity index (χ1v) is 7.18. The summed E-state index contributed by atoms with van der Waals surface area (Å²) in [6.45, 7) is 5.60. The molecule has 0 aromatic rings. The third kappa shape index (κ3) is 6.65. The number of nitrogens with zero attached hydrogens (tertiary/aromatic N) is 1. The Morgan fingerprint density at radius 3 is 2.40 bits per heavy atom. The van der Waals surface area contributed by atoms with Crippen LogP contribution in [0.15, 0.2) is 0 Å². The molecule has 0 spiro atoms. The van der Waals surface area contributed by atoms with E-state index in [1.165, 1.54) is 6.92 Å². The Labute approximate surface area is 119 Å². The Hall–Kier alpha value is -1.43. The van der Waals surface area contributed by atoms with E-state index in [0.29, 0.717) is 13.2 Å². The van der Waals surface area contributed by atoms with Gasteiger partial charge in [-0.3, -0.25) is 19.3 Å². The number of rotatable bonds is 7. The zero-order valence-electron chi connectivity index (χ0n) is 12.3. The highest BCUT2D eigenvalue weighted by Crippen LogP contribution is 2.10. The quantitative estimate of drug-likeness (QED) is 0.689. The number of esters is 1. The first kappa shape index (κ1) is 16.6. The van der Waals surface area contributed by atoms with Gasteiger partial charge in [0.15, 0.2) is 0 Å². The number of piperidine rings is 1. The summed E-state index contributed by atoms with van der Waals surface area (Å²) in [5.74, 6) is -0.254. The molecule has 1 rings (SSSR count). The second kappa shape index (κ2) is 8.68. The molecule has 0 aliphatic carbocycles. The Morgan fingerprint density at radius 2 is 1.85 bits per heavy atom. The molecule has 0 saturated carbocycles. The monoisotopic (exact) mass is 284 g/mol. The van der Waals surface area contributed by atoms with E-state index in [1.54, 1.807) is 6.92 Å². The SMILES string of the molecule is CCOC(=O)CCC(=O)CN1CCC(NC(C)=O)CC1. The molecule has 1 amide bonds. The highest BCUT2D eigenvalue weighted by atomic mass is 16.5. The first-order valence-electron chi connectivity index (χ1n) is 7.18. The highest BCUT2D eigenvalue weighted by Gasteiger charge is 2.21. The van der Waals surface area contributed by atoms with Gasteiger partial charge in [-0.1, -0.05) is 0 Å². The molecule has 0 aromatic heterocycles. The number of carbonyl (C=O) groups is 3. The summed E-state index contributed by atoms with van der Waals surface area (Å²) in [4.78, 5) is 35.9. The van der Waals surface area contributed by atoms with E-state index in [4.69, 9.17) is 4.74 Å². The third-order valence-electron chi connectivity index (χ3n) is 3.31. The minimum Gasteiger partial charge on any atom is -0.466 e. The second-order valence-corrected chi connectivity index (χ2v) is 5.09. The predicted molar refractivity (Wildman–Crippen MR) is 74.2 cm³/mol. The van der Waals surface area contributed by atoms with Crippen LogP contribution in [0.3, 0.4) is 0 Å². The number of Topliss-reactive ketones (excluding diaryl/α,β-unsaturated/α-hetero) is 1. The normalized spacial score (nSPS) is 16.7. The Bertz CT molecular complexity index is 349. The topological polar surface area (TPSA) is 75.7 Å². The summed E-state index contributed by atoms with van der Waals surface area (Å²) in [6, 6.07) is 0.221. The molecule has 0 unspecified atom stereocenters. The fourth-order valence-electron chi connectivity index (χ4n) is 2.33. The Kier molecular flexibility index (Phi) is 7.22. The van der Waals surface area contributed by atoms with Crippen molar-refractivity contribution in [2.24, 2.45) is 0 Å². The van der Waals surface area contributed by atoms with E-state index in [1.807, 2.05) is 0 Å². The van der Waals surface area contributed by atoms with E-state index >= 15 is 0 Å². The molecule has 0 radical (unpaired) electrons. The van der Waals surface area contributed by atoms with Crippen LogP contribution in [0.2, 0.25) is 0 Å². The van der Waals surface area contributed by atoms with Crippen LogP contribution in [-0.4, -0.2) is 54.8 Å². The molecule has 114 valence electrons. The maximum absolute atomic E-state index is 11.8. The van der Waals surface area contributed by atoms with Crippen LogP contribution in [0.5, 0.6) is 0 Å². The zero-order valence-corrected chi connectivity index (χ0v) is 12.3. The third-order valence-corrected chi connectivity index (χ3v) is 3.31. The lowest BCUT2D eigenvalue weighted by Gasteiger charge is -2.31. The summed E-state index contributed by atoms with van der Waals surface area (Å²) < 4.78 is 4.79. The predicted octanol–water partition coefficient (Wildman–Crippen LogP) is 0.499. The van der Waals surface area contributed by atoms with Crippen LogP contribution in [0, 0.1) is 0 Å². The zero-order chi connectivity index (χ0) is 15.0. The van der Waals surface area contributed by atoms with Crippen molar-refractivity contribution < 1.29 is 19.1 Å².